The molecule has 0 aromatic heterocycles. The predicted molar refractivity (Wildman–Crippen MR) is 116 cm³/mol. The number of amides is 1. The number of carbonyl (C=O) groups excluding carboxylic acids is 1. The zero-order valence-electron chi connectivity index (χ0n) is 16.9. The smallest absolute Gasteiger partial charge is 0.255 e. The minimum atomic E-state index is -0.167. The molecule has 2 aromatic carbocycles. The van der Waals surface area contributed by atoms with Crippen LogP contribution in [0.5, 0.6) is 5.75 Å². The molecule has 0 unspecified atom stereocenters. The summed E-state index contributed by atoms with van der Waals surface area (Å²) >= 11 is 0. The molecule has 0 aliphatic carbocycles. The number of hydrogen-bond acceptors (Lipinski definition) is 4. The Morgan fingerprint density at radius 3 is 2.86 bits per heavy atom. The SMILES string of the molecule is CCCCOc1cccc(C(=O)Nc2ccc(N3CCCC[C@@H]3C)c(N)c2)c1. The van der Waals surface area contributed by atoms with Gasteiger partial charge in [0, 0.05) is 23.8 Å². The second kappa shape index (κ2) is 9.49. The highest BCUT2D eigenvalue weighted by atomic mass is 16.5. The van der Waals surface area contributed by atoms with Crippen molar-refractivity contribution in [1.82, 2.24) is 0 Å². The second-order valence-electron chi connectivity index (χ2n) is 7.50. The zero-order valence-corrected chi connectivity index (χ0v) is 16.9. The first-order valence-electron chi connectivity index (χ1n) is 10.3. The van der Waals surface area contributed by atoms with E-state index in [0.717, 1.165) is 30.8 Å². The number of nitrogens with zero attached hydrogens (tertiary/aromatic N) is 1. The summed E-state index contributed by atoms with van der Waals surface area (Å²) in [6, 6.07) is 13.5. The number of nitrogens with two attached hydrogens (primary N) is 1. The molecular weight excluding hydrogens is 350 g/mol. The van der Waals surface area contributed by atoms with Gasteiger partial charge in [0.25, 0.3) is 5.91 Å². The van der Waals surface area contributed by atoms with Crippen LogP contribution in [0.1, 0.15) is 56.3 Å². The van der Waals surface area contributed by atoms with E-state index < -0.39 is 0 Å². The maximum Gasteiger partial charge on any atom is 0.255 e. The Morgan fingerprint density at radius 2 is 2.11 bits per heavy atom. The highest BCUT2D eigenvalue weighted by molar-refractivity contribution is 6.04. The molecule has 0 saturated carbocycles. The third-order valence-electron chi connectivity index (χ3n) is 5.26. The van der Waals surface area contributed by atoms with Gasteiger partial charge in [0.1, 0.15) is 5.75 Å². The lowest BCUT2D eigenvalue weighted by Crippen LogP contribution is -2.37. The van der Waals surface area contributed by atoms with E-state index in [-0.39, 0.29) is 5.91 Å². The molecule has 0 radical (unpaired) electrons. The molecule has 1 saturated heterocycles. The van der Waals surface area contributed by atoms with Crippen molar-refractivity contribution < 1.29 is 9.53 Å². The largest absolute Gasteiger partial charge is 0.494 e. The number of benzene rings is 2. The Balaban J connectivity index is 1.67. The van der Waals surface area contributed by atoms with Crippen molar-refractivity contribution in [3.63, 3.8) is 0 Å². The topological polar surface area (TPSA) is 67.6 Å². The van der Waals surface area contributed by atoms with Crippen LogP contribution in [-0.4, -0.2) is 25.1 Å². The molecule has 28 heavy (non-hydrogen) atoms. The number of hydrogen-bond donors (Lipinski definition) is 2. The van der Waals surface area contributed by atoms with Crippen molar-refractivity contribution >= 4 is 23.0 Å². The van der Waals surface area contributed by atoms with Gasteiger partial charge in [-0.25, -0.2) is 0 Å². The predicted octanol–water partition coefficient (Wildman–Crippen LogP) is 5.08. The van der Waals surface area contributed by atoms with Crippen molar-refractivity contribution in [2.75, 3.05) is 29.1 Å². The number of nitrogen functional groups attached to an aromatic ring is 1. The van der Waals surface area contributed by atoms with E-state index in [0.29, 0.717) is 29.6 Å². The normalized spacial score (nSPS) is 16.6. The van der Waals surface area contributed by atoms with E-state index in [4.69, 9.17) is 10.5 Å². The molecule has 1 aliphatic heterocycles. The Kier molecular flexibility index (Phi) is 6.80. The summed E-state index contributed by atoms with van der Waals surface area (Å²) < 4.78 is 5.69. The quantitative estimate of drug-likeness (QED) is 0.518. The Bertz CT molecular complexity index is 806. The van der Waals surface area contributed by atoms with E-state index in [2.05, 4.69) is 24.1 Å². The van der Waals surface area contributed by atoms with Gasteiger partial charge < -0.3 is 20.7 Å². The molecule has 1 aliphatic rings. The van der Waals surface area contributed by atoms with Crippen molar-refractivity contribution in [2.45, 2.75) is 52.0 Å². The van der Waals surface area contributed by atoms with Gasteiger partial charge in [0.2, 0.25) is 0 Å². The molecule has 2 aromatic rings. The third-order valence-corrected chi connectivity index (χ3v) is 5.26. The van der Waals surface area contributed by atoms with Crippen molar-refractivity contribution in [3.05, 3.63) is 48.0 Å². The molecule has 5 heteroatoms. The van der Waals surface area contributed by atoms with Crippen LogP contribution in [0.4, 0.5) is 17.1 Å². The summed E-state index contributed by atoms with van der Waals surface area (Å²) in [6.07, 6.45) is 5.73. The lowest BCUT2D eigenvalue weighted by atomic mass is 10.0. The highest BCUT2D eigenvalue weighted by Gasteiger charge is 2.20. The maximum absolute atomic E-state index is 12.6. The Morgan fingerprint density at radius 1 is 1.25 bits per heavy atom. The minimum absolute atomic E-state index is 0.167. The van der Waals surface area contributed by atoms with Gasteiger partial charge in [-0.15, -0.1) is 0 Å². The first kappa shape index (κ1) is 20.1. The van der Waals surface area contributed by atoms with Gasteiger partial charge in [-0.3, -0.25) is 4.79 Å². The fourth-order valence-corrected chi connectivity index (χ4v) is 3.61. The van der Waals surface area contributed by atoms with Crippen LogP contribution in [0.3, 0.4) is 0 Å². The van der Waals surface area contributed by atoms with Crippen molar-refractivity contribution in [3.8, 4) is 5.75 Å². The molecule has 1 fully saturated rings. The van der Waals surface area contributed by atoms with Gasteiger partial charge in [0.05, 0.1) is 18.0 Å². The van der Waals surface area contributed by atoms with Crippen molar-refractivity contribution in [2.24, 2.45) is 0 Å². The average molecular weight is 382 g/mol. The number of carbonyl (C=O) groups is 1. The summed E-state index contributed by atoms with van der Waals surface area (Å²) in [5, 5.41) is 2.94. The second-order valence-corrected chi connectivity index (χ2v) is 7.50. The van der Waals surface area contributed by atoms with E-state index in [1.54, 1.807) is 12.1 Å². The first-order valence-corrected chi connectivity index (χ1v) is 10.3. The zero-order chi connectivity index (χ0) is 19.9. The molecule has 3 rings (SSSR count). The molecule has 0 bridgehead atoms. The van der Waals surface area contributed by atoms with Crippen LogP contribution >= 0.6 is 0 Å². The molecule has 1 heterocycles. The molecule has 0 spiro atoms. The summed E-state index contributed by atoms with van der Waals surface area (Å²) in [7, 11) is 0. The molecule has 3 N–H and O–H groups in total. The first-order chi connectivity index (χ1) is 13.6. The fraction of sp³-hybridized carbons (Fsp3) is 0.435. The Hall–Kier alpha value is -2.69. The van der Waals surface area contributed by atoms with Gasteiger partial charge >= 0.3 is 0 Å². The lowest BCUT2D eigenvalue weighted by Gasteiger charge is -2.36. The third kappa shape index (κ3) is 4.97. The Labute approximate surface area is 167 Å². The minimum Gasteiger partial charge on any atom is -0.494 e. The van der Waals surface area contributed by atoms with E-state index in [1.165, 1.54) is 19.3 Å². The van der Waals surface area contributed by atoms with Gasteiger partial charge in [0.15, 0.2) is 0 Å². The fourth-order valence-electron chi connectivity index (χ4n) is 3.61. The summed E-state index contributed by atoms with van der Waals surface area (Å²) in [5.74, 6) is 0.550. The molecule has 5 nitrogen and oxygen atoms in total. The monoisotopic (exact) mass is 381 g/mol. The molecule has 1 atom stereocenters. The number of anilines is 3. The summed E-state index contributed by atoms with van der Waals surface area (Å²) in [5.41, 5.74) is 9.33. The van der Waals surface area contributed by atoms with Gasteiger partial charge in [-0.1, -0.05) is 19.4 Å². The average Bonchev–Trinajstić information content (AvgIpc) is 2.69. The van der Waals surface area contributed by atoms with Crippen LogP contribution in [0.25, 0.3) is 0 Å². The number of piperidine rings is 1. The van der Waals surface area contributed by atoms with Crippen LogP contribution < -0.4 is 20.7 Å². The molecular formula is C23H31N3O2. The van der Waals surface area contributed by atoms with E-state index in [1.807, 2.05) is 30.3 Å². The maximum atomic E-state index is 12.6. The number of rotatable bonds is 7. The van der Waals surface area contributed by atoms with Gasteiger partial charge in [-0.2, -0.15) is 0 Å². The molecule has 150 valence electrons. The molecule has 1 amide bonds. The van der Waals surface area contributed by atoms with Crippen LogP contribution in [0.15, 0.2) is 42.5 Å². The van der Waals surface area contributed by atoms with Crippen LogP contribution in [0, 0.1) is 0 Å². The highest BCUT2D eigenvalue weighted by Crippen LogP contribution is 2.31. The van der Waals surface area contributed by atoms with E-state index >= 15 is 0 Å². The van der Waals surface area contributed by atoms with E-state index in [9.17, 15) is 4.79 Å². The van der Waals surface area contributed by atoms with Crippen LogP contribution in [0.2, 0.25) is 0 Å². The number of ether oxygens (including phenoxy) is 1. The standard InChI is InChI=1S/C23H31N3O2/c1-3-4-14-28-20-10-7-9-18(15-20)23(27)25-19-11-12-22(21(24)16-19)26-13-6-5-8-17(26)2/h7,9-12,15-17H,3-6,8,13-14,24H2,1-2H3,(H,25,27)/t17-/m0/s1. The van der Waals surface area contributed by atoms with Gasteiger partial charge in [-0.05, 0) is 69.0 Å². The number of nitrogens with one attached hydrogen (secondary N) is 1. The lowest BCUT2D eigenvalue weighted by molar-refractivity contribution is 0.102. The summed E-state index contributed by atoms with van der Waals surface area (Å²) in [6.45, 7) is 6.05. The van der Waals surface area contributed by atoms with Crippen LogP contribution in [-0.2, 0) is 0 Å². The van der Waals surface area contributed by atoms with Crippen molar-refractivity contribution in [1.29, 1.82) is 0 Å². The number of unbranched alkanes of at least 4 members (excludes halogenated alkanes) is 1. The summed E-state index contributed by atoms with van der Waals surface area (Å²) in [4.78, 5) is 15.0.